The molecule has 2 saturated heterocycles. The van der Waals surface area contributed by atoms with Crippen LogP contribution in [0.3, 0.4) is 0 Å². The second-order valence-electron chi connectivity index (χ2n) is 10.9. The van der Waals surface area contributed by atoms with Crippen molar-refractivity contribution in [1.82, 2.24) is 19.6 Å². The van der Waals surface area contributed by atoms with Gasteiger partial charge in [0, 0.05) is 36.6 Å². The van der Waals surface area contributed by atoms with Crippen molar-refractivity contribution in [3.8, 4) is 11.1 Å². The first-order valence-electron chi connectivity index (χ1n) is 14.1. The molecular weight excluding hydrogens is 501 g/mol. The zero-order valence-electron chi connectivity index (χ0n) is 22.6. The van der Waals surface area contributed by atoms with Gasteiger partial charge in [0.15, 0.2) is 0 Å². The fraction of sp³-hybridized carbons (Fsp3) is 0.484. The number of nitrogens with zero attached hydrogens (tertiary/aromatic N) is 4. The summed E-state index contributed by atoms with van der Waals surface area (Å²) in [5.41, 5.74) is 1.89. The maximum Gasteiger partial charge on any atom is 0.417 e. The highest BCUT2D eigenvalue weighted by Crippen LogP contribution is 2.40. The molecule has 0 saturated carbocycles. The highest BCUT2D eigenvalue weighted by molar-refractivity contribution is 5.88. The Labute approximate surface area is 228 Å². The van der Waals surface area contributed by atoms with Crippen molar-refractivity contribution in [3.05, 3.63) is 66.4 Å². The lowest BCUT2D eigenvalue weighted by Crippen LogP contribution is -2.37. The lowest BCUT2D eigenvalue weighted by Gasteiger charge is -2.33. The SMILES string of the molecule is C=CC(=O)N1CCC(c2c3ccc(-c4ccccc4C(F)(F)F)cc3nn2C(C)CCN2CCCCC2)CC1. The van der Waals surface area contributed by atoms with E-state index in [1.54, 1.807) is 18.2 Å². The first-order valence-corrected chi connectivity index (χ1v) is 14.1. The highest BCUT2D eigenvalue weighted by Gasteiger charge is 2.34. The van der Waals surface area contributed by atoms with Crippen molar-refractivity contribution in [1.29, 1.82) is 0 Å². The Kier molecular flexibility index (Phi) is 8.12. The molecule has 2 aliphatic heterocycles. The second kappa shape index (κ2) is 11.5. The van der Waals surface area contributed by atoms with Crippen molar-refractivity contribution in [2.24, 2.45) is 0 Å². The molecule has 1 atom stereocenters. The largest absolute Gasteiger partial charge is 0.417 e. The molecule has 1 unspecified atom stereocenters. The summed E-state index contributed by atoms with van der Waals surface area (Å²) in [7, 11) is 0. The van der Waals surface area contributed by atoms with Gasteiger partial charge in [0.1, 0.15) is 0 Å². The van der Waals surface area contributed by atoms with E-state index in [1.807, 2.05) is 11.0 Å². The molecule has 8 heteroatoms. The number of carbonyl (C=O) groups is 1. The molecular formula is C31H37F3N4O. The van der Waals surface area contributed by atoms with E-state index in [2.05, 4.69) is 23.1 Å². The molecule has 5 nitrogen and oxygen atoms in total. The summed E-state index contributed by atoms with van der Waals surface area (Å²) < 4.78 is 43.4. The lowest BCUT2D eigenvalue weighted by molar-refractivity contribution is -0.137. The Hall–Kier alpha value is -3.13. The number of halogens is 3. The number of fused-ring (bicyclic) bond motifs is 1. The third kappa shape index (κ3) is 5.91. The van der Waals surface area contributed by atoms with Gasteiger partial charge in [-0.25, -0.2) is 0 Å². The van der Waals surface area contributed by atoms with E-state index in [0.717, 1.165) is 56.0 Å². The van der Waals surface area contributed by atoms with Crippen molar-refractivity contribution in [2.45, 2.75) is 63.6 Å². The molecule has 0 bridgehead atoms. The van der Waals surface area contributed by atoms with Crippen molar-refractivity contribution < 1.29 is 18.0 Å². The highest BCUT2D eigenvalue weighted by atomic mass is 19.4. The number of hydrogen-bond donors (Lipinski definition) is 0. The maximum absolute atomic E-state index is 13.8. The van der Waals surface area contributed by atoms with E-state index >= 15 is 0 Å². The van der Waals surface area contributed by atoms with Gasteiger partial charge in [-0.2, -0.15) is 18.3 Å². The van der Waals surface area contributed by atoms with Gasteiger partial charge in [0.2, 0.25) is 5.91 Å². The summed E-state index contributed by atoms with van der Waals surface area (Å²) in [6.45, 7) is 10.4. The summed E-state index contributed by atoms with van der Waals surface area (Å²) in [5, 5.41) is 6.01. The molecule has 1 aromatic heterocycles. The topological polar surface area (TPSA) is 41.4 Å². The first-order chi connectivity index (χ1) is 18.8. The maximum atomic E-state index is 13.8. The molecule has 0 aliphatic carbocycles. The fourth-order valence-electron chi connectivity index (χ4n) is 6.19. The number of alkyl halides is 3. The van der Waals surface area contributed by atoms with Crippen LogP contribution in [0, 0.1) is 0 Å². The van der Waals surface area contributed by atoms with Crippen LogP contribution in [0.1, 0.15) is 68.7 Å². The minimum absolute atomic E-state index is 0.0466. The average molecular weight is 539 g/mol. The molecule has 3 aromatic rings. The quantitative estimate of drug-likeness (QED) is 0.303. The van der Waals surface area contributed by atoms with Gasteiger partial charge in [-0.05, 0) is 81.5 Å². The monoisotopic (exact) mass is 538 g/mol. The van der Waals surface area contributed by atoms with Crippen LogP contribution >= 0.6 is 0 Å². The van der Waals surface area contributed by atoms with Crippen LogP contribution in [0.2, 0.25) is 0 Å². The summed E-state index contributed by atoms with van der Waals surface area (Å²) in [6, 6.07) is 11.4. The summed E-state index contributed by atoms with van der Waals surface area (Å²) in [5.74, 6) is 0.171. The van der Waals surface area contributed by atoms with E-state index in [0.29, 0.717) is 24.2 Å². The van der Waals surface area contributed by atoms with Crippen molar-refractivity contribution >= 4 is 16.8 Å². The van der Waals surface area contributed by atoms with E-state index < -0.39 is 11.7 Å². The molecule has 3 heterocycles. The van der Waals surface area contributed by atoms with Crippen LogP contribution in [0.25, 0.3) is 22.0 Å². The summed E-state index contributed by atoms with van der Waals surface area (Å²) in [6.07, 6.45) is 3.31. The molecule has 2 aromatic carbocycles. The Morgan fingerprint density at radius 3 is 2.49 bits per heavy atom. The number of likely N-dealkylation sites (tertiary alicyclic amines) is 2. The van der Waals surface area contributed by atoms with Crippen LogP contribution < -0.4 is 0 Å². The minimum atomic E-state index is -4.43. The molecule has 1 amide bonds. The van der Waals surface area contributed by atoms with Gasteiger partial charge in [-0.3, -0.25) is 9.48 Å². The molecule has 0 N–H and O–H groups in total. The number of carbonyl (C=O) groups excluding carboxylic acids is 1. The van der Waals surface area contributed by atoms with Crippen molar-refractivity contribution in [3.63, 3.8) is 0 Å². The number of amides is 1. The number of rotatable bonds is 7. The predicted octanol–water partition coefficient (Wildman–Crippen LogP) is 7.05. The van der Waals surface area contributed by atoms with E-state index in [9.17, 15) is 18.0 Å². The fourth-order valence-corrected chi connectivity index (χ4v) is 6.19. The van der Waals surface area contributed by atoms with Crippen LogP contribution in [0.5, 0.6) is 0 Å². The third-order valence-corrected chi connectivity index (χ3v) is 8.38. The predicted molar refractivity (Wildman–Crippen MR) is 149 cm³/mol. The smallest absolute Gasteiger partial charge is 0.339 e. The van der Waals surface area contributed by atoms with Gasteiger partial charge in [0.05, 0.1) is 17.1 Å². The molecule has 0 radical (unpaired) electrons. The summed E-state index contributed by atoms with van der Waals surface area (Å²) in [4.78, 5) is 16.5. The molecule has 2 fully saturated rings. The summed E-state index contributed by atoms with van der Waals surface area (Å²) >= 11 is 0. The Balaban J connectivity index is 1.50. The third-order valence-electron chi connectivity index (χ3n) is 8.38. The number of hydrogen-bond acceptors (Lipinski definition) is 3. The van der Waals surface area contributed by atoms with Gasteiger partial charge in [-0.15, -0.1) is 0 Å². The number of piperidine rings is 2. The zero-order chi connectivity index (χ0) is 27.6. The molecule has 0 spiro atoms. The van der Waals surface area contributed by atoms with Gasteiger partial charge in [0.25, 0.3) is 0 Å². The van der Waals surface area contributed by atoms with Crippen LogP contribution in [-0.4, -0.2) is 58.2 Å². The normalized spacial score (nSPS) is 18.4. The van der Waals surface area contributed by atoms with E-state index in [4.69, 9.17) is 5.10 Å². The van der Waals surface area contributed by atoms with Crippen LogP contribution in [-0.2, 0) is 11.0 Å². The Morgan fingerprint density at radius 2 is 1.79 bits per heavy atom. The number of benzene rings is 2. The Bertz CT molecular complexity index is 1320. The van der Waals surface area contributed by atoms with Gasteiger partial charge < -0.3 is 9.80 Å². The molecule has 208 valence electrons. The van der Waals surface area contributed by atoms with Gasteiger partial charge >= 0.3 is 6.18 Å². The Morgan fingerprint density at radius 1 is 1.08 bits per heavy atom. The molecule has 39 heavy (non-hydrogen) atoms. The van der Waals surface area contributed by atoms with E-state index in [1.165, 1.54) is 37.5 Å². The van der Waals surface area contributed by atoms with Gasteiger partial charge in [-0.1, -0.05) is 43.3 Å². The first kappa shape index (κ1) is 27.4. The lowest BCUT2D eigenvalue weighted by atomic mass is 9.90. The standard InChI is InChI=1S/C31H37F3N4O/c1-3-29(39)37-19-14-23(15-20-37)30-26-12-11-24(25-9-5-6-10-27(25)31(32,33)34)21-28(26)35-38(30)22(2)13-18-36-16-7-4-8-17-36/h3,5-6,9-12,21-23H,1,4,7-8,13-20H2,2H3. The number of aromatic nitrogens is 2. The second-order valence-corrected chi connectivity index (χ2v) is 10.9. The zero-order valence-corrected chi connectivity index (χ0v) is 22.6. The average Bonchev–Trinajstić information content (AvgIpc) is 3.34. The van der Waals surface area contributed by atoms with E-state index in [-0.39, 0.29) is 23.4 Å². The minimum Gasteiger partial charge on any atom is -0.339 e. The van der Waals surface area contributed by atoms with Crippen molar-refractivity contribution in [2.75, 3.05) is 32.7 Å². The van der Waals surface area contributed by atoms with Crippen LogP contribution in [0.4, 0.5) is 13.2 Å². The molecule has 5 rings (SSSR count). The molecule has 2 aliphatic rings. The van der Waals surface area contributed by atoms with Crippen LogP contribution in [0.15, 0.2) is 55.1 Å².